The third kappa shape index (κ3) is 4.94. The van der Waals surface area contributed by atoms with Gasteiger partial charge in [0, 0.05) is 37.1 Å². The Labute approximate surface area is 198 Å². The minimum Gasteiger partial charge on any atom is -0.497 e. The molecule has 0 atom stereocenters. The number of aromatic nitrogens is 1. The van der Waals surface area contributed by atoms with Gasteiger partial charge in [0.15, 0.2) is 0 Å². The summed E-state index contributed by atoms with van der Waals surface area (Å²) in [5, 5.41) is 3.62. The highest BCUT2D eigenvalue weighted by Gasteiger charge is 2.24. The highest BCUT2D eigenvalue weighted by Crippen LogP contribution is 2.32. The summed E-state index contributed by atoms with van der Waals surface area (Å²) in [6.45, 7) is 5.24. The average molecular weight is 467 g/mol. The molecular formula is C25H30N4O5. The van der Waals surface area contributed by atoms with E-state index >= 15 is 0 Å². The van der Waals surface area contributed by atoms with Gasteiger partial charge in [0.05, 0.1) is 38.7 Å². The van der Waals surface area contributed by atoms with Crippen molar-refractivity contribution in [2.45, 2.75) is 6.92 Å². The molecule has 1 amide bonds. The second-order valence-corrected chi connectivity index (χ2v) is 7.99. The molecule has 0 unspecified atom stereocenters. The highest BCUT2D eigenvalue weighted by molar-refractivity contribution is 6.11. The highest BCUT2D eigenvalue weighted by atomic mass is 16.5. The number of benzene rings is 2. The number of anilines is 2. The number of methoxy groups -OCH3 is 2. The zero-order valence-electron chi connectivity index (χ0n) is 19.7. The van der Waals surface area contributed by atoms with Crippen molar-refractivity contribution < 1.29 is 23.8 Å². The number of aromatic amines is 1. The van der Waals surface area contributed by atoms with E-state index in [2.05, 4.69) is 20.1 Å². The molecule has 9 nitrogen and oxygen atoms in total. The van der Waals surface area contributed by atoms with Gasteiger partial charge in [0.2, 0.25) is 5.91 Å². The van der Waals surface area contributed by atoms with Crippen LogP contribution in [0.25, 0.3) is 10.9 Å². The summed E-state index contributed by atoms with van der Waals surface area (Å²) >= 11 is 0. The minimum absolute atomic E-state index is 0.194. The van der Waals surface area contributed by atoms with E-state index in [1.165, 1.54) is 0 Å². The van der Waals surface area contributed by atoms with Crippen LogP contribution < -0.4 is 19.7 Å². The minimum atomic E-state index is -0.515. The number of carbonyl (C=O) groups excluding carboxylic acids is 2. The number of piperazine rings is 1. The van der Waals surface area contributed by atoms with Crippen molar-refractivity contribution in [3.8, 4) is 11.5 Å². The van der Waals surface area contributed by atoms with Crippen molar-refractivity contribution in [3.63, 3.8) is 0 Å². The zero-order chi connectivity index (χ0) is 24.1. The van der Waals surface area contributed by atoms with Crippen LogP contribution in [0.5, 0.6) is 11.5 Å². The van der Waals surface area contributed by atoms with Crippen molar-refractivity contribution in [1.82, 2.24) is 9.88 Å². The number of hydrogen-bond acceptors (Lipinski definition) is 7. The van der Waals surface area contributed by atoms with E-state index in [4.69, 9.17) is 14.2 Å². The van der Waals surface area contributed by atoms with Gasteiger partial charge in [-0.2, -0.15) is 0 Å². The van der Waals surface area contributed by atoms with E-state index in [9.17, 15) is 9.59 Å². The van der Waals surface area contributed by atoms with Crippen molar-refractivity contribution in [3.05, 3.63) is 48.2 Å². The monoisotopic (exact) mass is 466 g/mol. The molecule has 0 spiro atoms. The number of hydrogen-bond donors (Lipinski definition) is 2. The van der Waals surface area contributed by atoms with Crippen molar-refractivity contribution >= 4 is 34.2 Å². The lowest BCUT2D eigenvalue weighted by Crippen LogP contribution is -2.48. The first-order chi connectivity index (χ1) is 16.5. The molecule has 1 aliphatic heterocycles. The van der Waals surface area contributed by atoms with Gasteiger partial charge in [-0.3, -0.25) is 9.69 Å². The molecule has 1 fully saturated rings. The second kappa shape index (κ2) is 10.5. The van der Waals surface area contributed by atoms with E-state index < -0.39 is 5.97 Å². The molecule has 0 bridgehead atoms. The Morgan fingerprint density at radius 3 is 2.50 bits per heavy atom. The van der Waals surface area contributed by atoms with Gasteiger partial charge in [-0.25, -0.2) is 4.79 Å². The standard InChI is InChI=1S/C25H30N4O5/c1-4-34-25(31)24-23(18-15-17(32-2)9-10-19(18)26-24)27-22(30)16-28-11-13-29(14-12-28)20-7-5-6-8-21(20)33-3/h5-10,15,26H,4,11-14,16H2,1-3H3,(H,27,30). The molecule has 1 aliphatic rings. The lowest BCUT2D eigenvalue weighted by Gasteiger charge is -2.36. The molecule has 2 heterocycles. The molecule has 180 valence electrons. The number of carbonyl (C=O) groups is 2. The molecule has 0 saturated carbocycles. The summed E-state index contributed by atoms with van der Waals surface area (Å²) in [6, 6.07) is 13.3. The maximum Gasteiger partial charge on any atom is 0.356 e. The van der Waals surface area contributed by atoms with Crippen LogP contribution in [0.15, 0.2) is 42.5 Å². The van der Waals surface area contributed by atoms with Crippen LogP contribution in [0.1, 0.15) is 17.4 Å². The lowest BCUT2D eigenvalue weighted by atomic mass is 10.2. The number of nitrogens with one attached hydrogen (secondary N) is 2. The summed E-state index contributed by atoms with van der Waals surface area (Å²) < 4.78 is 16.0. The number of nitrogens with zero attached hydrogens (tertiary/aromatic N) is 2. The third-order valence-corrected chi connectivity index (χ3v) is 5.92. The fourth-order valence-corrected chi connectivity index (χ4v) is 4.20. The Hall–Kier alpha value is -3.72. The smallest absolute Gasteiger partial charge is 0.356 e. The third-order valence-electron chi connectivity index (χ3n) is 5.92. The maximum atomic E-state index is 13.0. The van der Waals surface area contributed by atoms with E-state index in [0.717, 1.165) is 37.6 Å². The quantitative estimate of drug-likeness (QED) is 0.493. The molecule has 3 aromatic rings. The first kappa shape index (κ1) is 23.4. The van der Waals surface area contributed by atoms with Crippen LogP contribution in [0.4, 0.5) is 11.4 Å². The van der Waals surface area contributed by atoms with Crippen LogP contribution in [-0.2, 0) is 9.53 Å². The Bertz CT molecular complexity index is 1170. The summed E-state index contributed by atoms with van der Waals surface area (Å²) in [5.74, 6) is 0.762. The van der Waals surface area contributed by atoms with Crippen LogP contribution in [0.2, 0.25) is 0 Å². The molecule has 0 radical (unpaired) electrons. The molecule has 1 saturated heterocycles. The molecule has 1 aromatic heterocycles. The fourth-order valence-electron chi connectivity index (χ4n) is 4.20. The van der Waals surface area contributed by atoms with Crippen molar-refractivity contribution in [1.29, 1.82) is 0 Å². The first-order valence-electron chi connectivity index (χ1n) is 11.3. The van der Waals surface area contributed by atoms with Crippen molar-refractivity contribution in [2.24, 2.45) is 0 Å². The van der Waals surface area contributed by atoms with Crippen LogP contribution in [0.3, 0.4) is 0 Å². The summed E-state index contributed by atoms with van der Waals surface area (Å²) in [4.78, 5) is 32.9. The lowest BCUT2D eigenvalue weighted by molar-refractivity contribution is -0.117. The number of ether oxygens (including phenoxy) is 3. The molecular weight excluding hydrogens is 436 g/mol. The van der Waals surface area contributed by atoms with E-state index in [1.807, 2.05) is 30.3 Å². The summed E-state index contributed by atoms with van der Waals surface area (Å²) in [7, 11) is 3.24. The van der Waals surface area contributed by atoms with Gasteiger partial charge in [-0.05, 0) is 37.3 Å². The van der Waals surface area contributed by atoms with Gasteiger partial charge in [-0.15, -0.1) is 0 Å². The van der Waals surface area contributed by atoms with Crippen LogP contribution in [-0.4, -0.2) is 75.3 Å². The zero-order valence-corrected chi connectivity index (χ0v) is 19.7. The van der Waals surface area contributed by atoms with Crippen LogP contribution >= 0.6 is 0 Å². The normalized spacial score (nSPS) is 14.1. The SMILES string of the molecule is CCOC(=O)c1[nH]c2ccc(OC)cc2c1NC(=O)CN1CCN(c2ccccc2OC)CC1. The number of H-pyrrole nitrogens is 1. The Balaban J connectivity index is 1.45. The number of rotatable bonds is 8. The van der Waals surface area contributed by atoms with Crippen molar-refractivity contribution in [2.75, 3.05) is 63.8 Å². The molecule has 9 heteroatoms. The molecule has 4 rings (SSSR count). The number of para-hydroxylation sites is 2. The number of amides is 1. The predicted octanol–water partition coefficient (Wildman–Crippen LogP) is 3.12. The maximum absolute atomic E-state index is 13.0. The predicted molar refractivity (Wildman–Crippen MR) is 131 cm³/mol. The van der Waals surface area contributed by atoms with Gasteiger partial charge >= 0.3 is 5.97 Å². The second-order valence-electron chi connectivity index (χ2n) is 7.99. The summed E-state index contributed by atoms with van der Waals surface area (Å²) in [6.07, 6.45) is 0. The first-order valence-corrected chi connectivity index (χ1v) is 11.3. The molecule has 0 aliphatic carbocycles. The van der Waals surface area contributed by atoms with Gasteiger partial charge in [0.25, 0.3) is 0 Å². The number of fused-ring (bicyclic) bond motifs is 1. The average Bonchev–Trinajstić information content (AvgIpc) is 3.22. The largest absolute Gasteiger partial charge is 0.497 e. The van der Waals surface area contributed by atoms with Gasteiger partial charge < -0.3 is 29.4 Å². The Kier molecular flexibility index (Phi) is 7.22. The Morgan fingerprint density at radius 2 is 1.79 bits per heavy atom. The van der Waals surface area contributed by atoms with E-state index in [0.29, 0.717) is 22.3 Å². The van der Waals surface area contributed by atoms with Gasteiger partial charge in [-0.1, -0.05) is 12.1 Å². The van der Waals surface area contributed by atoms with Gasteiger partial charge in [0.1, 0.15) is 17.2 Å². The summed E-state index contributed by atoms with van der Waals surface area (Å²) in [5.41, 5.74) is 2.40. The van der Waals surface area contributed by atoms with E-state index in [-0.39, 0.29) is 24.8 Å². The molecule has 2 N–H and O–H groups in total. The Morgan fingerprint density at radius 1 is 1.03 bits per heavy atom. The molecule has 2 aromatic carbocycles. The van der Waals surface area contributed by atoms with E-state index in [1.54, 1.807) is 33.3 Å². The fraction of sp³-hybridized carbons (Fsp3) is 0.360. The molecule has 34 heavy (non-hydrogen) atoms. The number of esters is 1. The van der Waals surface area contributed by atoms with Crippen LogP contribution in [0, 0.1) is 0 Å². The topological polar surface area (TPSA) is 96.1 Å².